The van der Waals surface area contributed by atoms with E-state index < -0.39 is 0 Å². The summed E-state index contributed by atoms with van der Waals surface area (Å²) in [5.41, 5.74) is 3.05. The van der Waals surface area contributed by atoms with Crippen molar-refractivity contribution < 1.29 is 0 Å². The zero-order chi connectivity index (χ0) is 15.2. The van der Waals surface area contributed by atoms with E-state index >= 15 is 0 Å². The fourth-order valence-corrected chi connectivity index (χ4v) is 2.57. The molecule has 0 amide bonds. The first-order valence-electron chi connectivity index (χ1n) is 7.25. The second kappa shape index (κ2) is 7.36. The molecule has 3 heteroatoms. The Kier molecular flexibility index (Phi) is 5.50. The van der Waals surface area contributed by atoms with Crippen molar-refractivity contribution in [3.63, 3.8) is 0 Å². The maximum absolute atomic E-state index is 5.99. The summed E-state index contributed by atoms with van der Waals surface area (Å²) in [5, 5.41) is 0.713. The first-order chi connectivity index (χ1) is 10.1. The number of halogens is 1. The smallest absolute Gasteiger partial charge is 0.0882 e. The van der Waals surface area contributed by atoms with Gasteiger partial charge in [-0.25, -0.2) is 0 Å². The van der Waals surface area contributed by atoms with E-state index in [2.05, 4.69) is 35.1 Å². The van der Waals surface area contributed by atoms with E-state index in [4.69, 9.17) is 11.6 Å². The largest absolute Gasteiger partial charge is 0.337 e. The van der Waals surface area contributed by atoms with E-state index in [9.17, 15) is 0 Å². The Labute approximate surface area is 132 Å². The molecule has 0 aliphatic carbocycles. The third kappa shape index (κ3) is 4.14. The Balaban J connectivity index is 2.13. The fraction of sp³-hybridized carbons (Fsp3) is 0.333. The molecule has 2 rings (SSSR count). The average molecular weight is 301 g/mol. The van der Waals surface area contributed by atoms with Crippen LogP contribution in [0.1, 0.15) is 19.4 Å². The maximum Gasteiger partial charge on any atom is 0.0882 e. The van der Waals surface area contributed by atoms with Gasteiger partial charge in [0.05, 0.1) is 5.70 Å². The molecule has 1 saturated heterocycles. The molecule has 1 fully saturated rings. The van der Waals surface area contributed by atoms with Gasteiger partial charge in [0.2, 0.25) is 0 Å². The van der Waals surface area contributed by atoms with Crippen molar-refractivity contribution in [2.24, 2.45) is 0 Å². The molecule has 0 atom stereocenters. The van der Waals surface area contributed by atoms with Crippen molar-refractivity contribution in [3.05, 3.63) is 58.9 Å². The molecular formula is C18H21ClN2. The van der Waals surface area contributed by atoms with Gasteiger partial charge >= 0.3 is 0 Å². The minimum Gasteiger partial charge on any atom is -0.337 e. The van der Waals surface area contributed by atoms with Crippen LogP contribution < -0.4 is 0 Å². The van der Waals surface area contributed by atoms with Crippen LogP contribution in [-0.4, -0.2) is 36.0 Å². The van der Waals surface area contributed by atoms with Crippen molar-refractivity contribution in [1.29, 1.82) is 0 Å². The summed E-state index contributed by atoms with van der Waals surface area (Å²) in [6, 6.07) is 7.62. The van der Waals surface area contributed by atoms with Gasteiger partial charge in [0.25, 0.3) is 0 Å². The van der Waals surface area contributed by atoms with Crippen LogP contribution in [0.4, 0.5) is 0 Å². The predicted octanol–water partition coefficient (Wildman–Crippen LogP) is 3.75. The van der Waals surface area contributed by atoms with Crippen LogP contribution in [-0.2, 0) is 0 Å². The van der Waals surface area contributed by atoms with Crippen molar-refractivity contribution in [3.8, 4) is 11.8 Å². The van der Waals surface area contributed by atoms with Gasteiger partial charge in [-0.2, -0.15) is 0 Å². The maximum atomic E-state index is 5.99. The Hall–Kier alpha value is -1.69. The molecule has 0 aromatic heterocycles. The van der Waals surface area contributed by atoms with Gasteiger partial charge in [-0.1, -0.05) is 43.2 Å². The van der Waals surface area contributed by atoms with Crippen molar-refractivity contribution >= 4 is 11.6 Å². The lowest BCUT2D eigenvalue weighted by Crippen LogP contribution is -2.43. The molecule has 110 valence electrons. The topological polar surface area (TPSA) is 6.48 Å². The second-order valence-corrected chi connectivity index (χ2v) is 5.46. The summed E-state index contributed by atoms with van der Waals surface area (Å²) in [7, 11) is 0. The van der Waals surface area contributed by atoms with E-state index in [1.54, 1.807) is 0 Å². The van der Waals surface area contributed by atoms with Crippen molar-refractivity contribution in [2.75, 3.05) is 26.2 Å². The fourth-order valence-electron chi connectivity index (χ4n) is 2.38. The van der Waals surface area contributed by atoms with Crippen LogP contribution in [0.25, 0.3) is 0 Å². The van der Waals surface area contributed by atoms with Gasteiger partial charge in [-0.15, -0.1) is 0 Å². The number of benzene rings is 1. The van der Waals surface area contributed by atoms with Crippen LogP contribution >= 0.6 is 11.6 Å². The lowest BCUT2D eigenvalue weighted by atomic mass is 10.2. The minimum atomic E-state index is 0.713. The molecule has 21 heavy (non-hydrogen) atoms. The highest BCUT2D eigenvalue weighted by Crippen LogP contribution is 2.17. The van der Waals surface area contributed by atoms with Crippen LogP contribution in [0.15, 0.2) is 48.3 Å². The molecule has 0 radical (unpaired) electrons. The first kappa shape index (κ1) is 15.7. The summed E-state index contributed by atoms with van der Waals surface area (Å²) < 4.78 is 0. The van der Waals surface area contributed by atoms with Crippen LogP contribution in [0.3, 0.4) is 0 Å². The zero-order valence-corrected chi connectivity index (χ0v) is 13.5. The zero-order valence-electron chi connectivity index (χ0n) is 12.7. The van der Waals surface area contributed by atoms with Gasteiger partial charge in [-0.05, 0) is 37.6 Å². The van der Waals surface area contributed by atoms with Gasteiger partial charge in [0, 0.05) is 35.9 Å². The van der Waals surface area contributed by atoms with E-state index in [1.165, 1.54) is 0 Å². The summed E-state index contributed by atoms with van der Waals surface area (Å²) in [5.74, 6) is 6.43. The first-order valence-corrected chi connectivity index (χ1v) is 7.63. The molecular weight excluding hydrogens is 280 g/mol. The van der Waals surface area contributed by atoms with Gasteiger partial charge in [0.1, 0.15) is 0 Å². The third-order valence-corrected chi connectivity index (χ3v) is 3.83. The van der Waals surface area contributed by atoms with Crippen LogP contribution in [0.2, 0.25) is 5.02 Å². The number of rotatable bonds is 2. The lowest BCUT2D eigenvalue weighted by molar-refractivity contribution is 0.213. The molecule has 1 heterocycles. The molecule has 1 aromatic carbocycles. The van der Waals surface area contributed by atoms with Crippen LogP contribution in [0, 0.1) is 11.8 Å². The number of nitrogens with zero attached hydrogens (tertiary/aromatic N) is 2. The molecule has 2 nitrogen and oxygen atoms in total. The summed E-state index contributed by atoms with van der Waals surface area (Å²) in [6.07, 6.45) is 2.05. The summed E-state index contributed by atoms with van der Waals surface area (Å²) in [6.45, 7) is 12.3. The molecule has 0 spiro atoms. The number of hydrogen-bond donors (Lipinski definition) is 0. The quantitative estimate of drug-likeness (QED) is 0.768. The van der Waals surface area contributed by atoms with Gasteiger partial charge in [-0.3, -0.25) is 4.90 Å². The van der Waals surface area contributed by atoms with Crippen molar-refractivity contribution in [1.82, 2.24) is 9.80 Å². The SMILES string of the molecule is C=C1CN(CC)CCN1/C(C#Cc1cccc(Cl)c1)=C\C. The molecule has 1 aliphatic rings. The Morgan fingerprint density at radius 1 is 1.43 bits per heavy atom. The molecule has 0 saturated carbocycles. The highest BCUT2D eigenvalue weighted by Gasteiger charge is 2.19. The van der Waals surface area contributed by atoms with E-state index in [-0.39, 0.29) is 0 Å². The number of hydrogen-bond acceptors (Lipinski definition) is 2. The molecule has 1 aromatic rings. The predicted molar refractivity (Wildman–Crippen MR) is 90.0 cm³/mol. The number of likely N-dealkylation sites (N-methyl/N-ethyl adjacent to an activating group) is 1. The van der Waals surface area contributed by atoms with Gasteiger partial charge < -0.3 is 4.90 Å². The molecule has 0 unspecified atom stereocenters. The van der Waals surface area contributed by atoms with E-state index in [0.29, 0.717) is 5.02 Å². The minimum absolute atomic E-state index is 0.713. The average Bonchev–Trinajstić information content (AvgIpc) is 2.49. The number of piperazine rings is 1. The Morgan fingerprint density at radius 2 is 2.24 bits per heavy atom. The van der Waals surface area contributed by atoms with Crippen molar-refractivity contribution in [2.45, 2.75) is 13.8 Å². The second-order valence-electron chi connectivity index (χ2n) is 5.02. The highest BCUT2D eigenvalue weighted by molar-refractivity contribution is 6.30. The standard InChI is InChI=1S/C18H21ClN2/c1-4-18(10-9-16-7-6-8-17(19)13-16)21-12-11-20(5-2)14-15(21)3/h4,6-8,13H,3,5,11-12,14H2,1-2H3/b18-4-. The Morgan fingerprint density at radius 3 is 2.86 bits per heavy atom. The van der Waals surface area contributed by atoms with E-state index in [0.717, 1.165) is 43.1 Å². The molecule has 0 bridgehead atoms. The highest BCUT2D eigenvalue weighted by atomic mass is 35.5. The van der Waals surface area contributed by atoms with Crippen LogP contribution in [0.5, 0.6) is 0 Å². The molecule has 0 N–H and O–H groups in total. The lowest BCUT2D eigenvalue weighted by Gasteiger charge is -2.37. The summed E-state index contributed by atoms with van der Waals surface area (Å²) >= 11 is 5.99. The third-order valence-electron chi connectivity index (χ3n) is 3.60. The van der Waals surface area contributed by atoms with E-state index in [1.807, 2.05) is 37.3 Å². The normalized spacial score (nSPS) is 16.6. The Bertz CT molecular complexity index is 607. The van der Waals surface area contributed by atoms with Gasteiger partial charge in [0.15, 0.2) is 0 Å². The molecule has 1 aliphatic heterocycles. The number of allylic oxidation sites excluding steroid dienone is 2. The monoisotopic (exact) mass is 300 g/mol. The summed E-state index contributed by atoms with van der Waals surface area (Å²) in [4.78, 5) is 4.60.